The molecule has 0 saturated carbocycles. The zero-order chi connectivity index (χ0) is 15.3. The maximum Gasteiger partial charge on any atom is 0.248 e. The first kappa shape index (κ1) is 15.9. The van der Waals surface area contributed by atoms with Gasteiger partial charge in [0.15, 0.2) is 0 Å². The fourth-order valence-corrected chi connectivity index (χ4v) is 2.63. The summed E-state index contributed by atoms with van der Waals surface area (Å²) in [5.74, 6) is -0.384. The van der Waals surface area contributed by atoms with Gasteiger partial charge in [0.05, 0.1) is 13.2 Å². The molecule has 0 unspecified atom stereocenters. The summed E-state index contributed by atoms with van der Waals surface area (Å²) in [7, 11) is 0. The predicted octanol–water partition coefficient (Wildman–Crippen LogP) is 0.986. The van der Waals surface area contributed by atoms with Gasteiger partial charge in [-0.3, -0.25) is 9.69 Å². The number of primary amides is 1. The van der Waals surface area contributed by atoms with Crippen LogP contribution in [-0.2, 0) is 11.3 Å². The summed E-state index contributed by atoms with van der Waals surface area (Å²) in [4.78, 5) is 13.6. The van der Waals surface area contributed by atoms with Crippen molar-refractivity contribution in [2.24, 2.45) is 5.73 Å². The molecule has 1 aliphatic rings. The number of nitrogens with two attached hydrogens (primary N) is 1. The molecule has 1 aromatic rings. The molecule has 1 heterocycles. The summed E-state index contributed by atoms with van der Waals surface area (Å²) in [6.45, 7) is 9.67. The van der Waals surface area contributed by atoms with Crippen LogP contribution in [0.1, 0.15) is 29.8 Å². The van der Waals surface area contributed by atoms with Crippen LogP contribution in [0.15, 0.2) is 24.3 Å². The fourth-order valence-electron chi connectivity index (χ4n) is 2.63. The lowest BCUT2D eigenvalue weighted by Crippen LogP contribution is -2.54. The van der Waals surface area contributed by atoms with Crippen molar-refractivity contribution in [1.82, 2.24) is 10.2 Å². The monoisotopic (exact) mass is 291 g/mol. The van der Waals surface area contributed by atoms with E-state index in [4.69, 9.17) is 10.5 Å². The number of nitrogens with zero attached hydrogens (tertiary/aromatic N) is 1. The first-order valence-electron chi connectivity index (χ1n) is 7.41. The molecule has 0 radical (unpaired) electrons. The number of carbonyl (C=O) groups is 1. The maximum absolute atomic E-state index is 11.2. The second kappa shape index (κ2) is 7.02. The first-order chi connectivity index (χ1) is 9.99. The molecule has 0 atom stereocenters. The van der Waals surface area contributed by atoms with Gasteiger partial charge >= 0.3 is 0 Å². The second-order valence-electron chi connectivity index (χ2n) is 6.08. The summed E-state index contributed by atoms with van der Waals surface area (Å²) >= 11 is 0. The van der Waals surface area contributed by atoms with Crippen LogP contribution in [0.2, 0.25) is 0 Å². The van der Waals surface area contributed by atoms with Crippen molar-refractivity contribution >= 4 is 5.91 Å². The molecule has 1 amide bonds. The summed E-state index contributed by atoms with van der Waals surface area (Å²) in [5, 5.41) is 3.47. The predicted molar refractivity (Wildman–Crippen MR) is 83.1 cm³/mol. The third kappa shape index (κ3) is 4.52. The largest absolute Gasteiger partial charge is 0.379 e. The van der Waals surface area contributed by atoms with Gasteiger partial charge in [-0.25, -0.2) is 0 Å². The number of carbonyl (C=O) groups excluding carboxylic acids is 1. The van der Waals surface area contributed by atoms with Gasteiger partial charge in [0.1, 0.15) is 0 Å². The molecule has 5 nitrogen and oxygen atoms in total. The van der Waals surface area contributed by atoms with Gasteiger partial charge in [0, 0.05) is 37.3 Å². The Hall–Kier alpha value is -1.43. The van der Waals surface area contributed by atoms with Crippen molar-refractivity contribution in [3.05, 3.63) is 35.4 Å². The van der Waals surface area contributed by atoms with Crippen LogP contribution in [0.3, 0.4) is 0 Å². The Kier molecular flexibility index (Phi) is 5.33. The average Bonchev–Trinajstić information content (AvgIpc) is 2.48. The summed E-state index contributed by atoms with van der Waals surface area (Å²) in [5.41, 5.74) is 7.02. The molecule has 0 aliphatic carbocycles. The number of morpholine rings is 1. The Bertz CT molecular complexity index is 482. The minimum Gasteiger partial charge on any atom is -0.379 e. The van der Waals surface area contributed by atoms with Crippen molar-refractivity contribution in [1.29, 1.82) is 0 Å². The lowest BCUT2D eigenvalue weighted by atomic mass is 10.0. The van der Waals surface area contributed by atoms with Gasteiger partial charge in [-0.2, -0.15) is 0 Å². The average molecular weight is 291 g/mol. The van der Waals surface area contributed by atoms with E-state index in [0.717, 1.165) is 45.0 Å². The van der Waals surface area contributed by atoms with E-state index in [9.17, 15) is 4.79 Å². The molecule has 0 bridgehead atoms. The minimum absolute atomic E-state index is 0.0884. The van der Waals surface area contributed by atoms with E-state index < -0.39 is 0 Å². The van der Waals surface area contributed by atoms with Crippen LogP contribution in [0.25, 0.3) is 0 Å². The maximum atomic E-state index is 11.2. The molecule has 1 saturated heterocycles. The van der Waals surface area contributed by atoms with Crippen molar-refractivity contribution < 1.29 is 9.53 Å². The molecular formula is C16H25N3O2. The smallest absolute Gasteiger partial charge is 0.248 e. The lowest BCUT2D eigenvalue weighted by molar-refractivity contribution is -0.00966. The van der Waals surface area contributed by atoms with Gasteiger partial charge in [-0.15, -0.1) is 0 Å². The van der Waals surface area contributed by atoms with Crippen molar-refractivity contribution in [3.8, 4) is 0 Å². The number of ether oxygens (including phenoxy) is 1. The van der Waals surface area contributed by atoms with Crippen LogP contribution >= 0.6 is 0 Å². The van der Waals surface area contributed by atoms with Crippen molar-refractivity contribution in [3.63, 3.8) is 0 Å². The molecule has 5 heteroatoms. The molecular weight excluding hydrogens is 266 g/mol. The first-order valence-corrected chi connectivity index (χ1v) is 7.41. The minimum atomic E-state index is -0.384. The Balaban J connectivity index is 1.85. The molecule has 2 rings (SSSR count). The summed E-state index contributed by atoms with van der Waals surface area (Å²) < 4.78 is 5.40. The van der Waals surface area contributed by atoms with Crippen molar-refractivity contribution in [2.45, 2.75) is 25.9 Å². The number of rotatable bonds is 6. The van der Waals surface area contributed by atoms with Gasteiger partial charge in [-0.05, 0) is 31.5 Å². The van der Waals surface area contributed by atoms with Crippen LogP contribution < -0.4 is 11.1 Å². The van der Waals surface area contributed by atoms with Crippen LogP contribution in [0, 0.1) is 0 Å². The van der Waals surface area contributed by atoms with Crippen LogP contribution in [0.5, 0.6) is 0 Å². The highest BCUT2D eigenvalue weighted by Crippen LogP contribution is 2.15. The molecule has 0 spiro atoms. The third-order valence-corrected chi connectivity index (χ3v) is 3.97. The van der Waals surface area contributed by atoms with E-state index in [1.165, 1.54) is 0 Å². The molecule has 21 heavy (non-hydrogen) atoms. The van der Waals surface area contributed by atoms with Crippen molar-refractivity contribution in [2.75, 3.05) is 32.8 Å². The van der Waals surface area contributed by atoms with Gasteiger partial charge in [0.2, 0.25) is 5.91 Å². The van der Waals surface area contributed by atoms with Gasteiger partial charge < -0.3 is 15.8 Å². The number of amides is 1. The lowest BCUT2D eigenvalue weighted by Gasteiger charge is -2.41. The molecule has 116 valence electrons. The van der Waals surface area contributed by atoms with Gasteiger partial charge in [-0.1, -0.05) is 12.1 Å². The van der Waals surface area contributed by atoms with Crippen LogP contribution in [0.4, 0.5) is 0 Å². The van der Waals surface area contributed by atoms with Gasteiger partial charge in [0.25, 0.3) is 0 Å². The fraction of sp³-hybridized carbons (Fsp3) is 0.562. The zero-order valence-electron chi connectivity index (χ0n) is 12.9. The second-order valence-corrected chi connectivity index (χ2v) is 6.08. The zero-order valence-corrected chi connectivity index (χ0v) is 12.9. The molecule has 3 N–H and O–H groups in total. The quantitative estimate of drug-likeness (QED) is 0.820. The highest BCUT2D eigenvalue weighted by molar-refractivity contribution is 5.92. The van der Waals surface area contributed by atoms with E-state index in [1.807, 2.05) is 18.2 Å². The SMILES string of the molecule is CC(C)(CNCc1cccc(C(N)=O)c1)N1CCOCC1. The number of benzene rings is 1. The molecule has 1 aromatic carbocycles. The molecule has 1 aliphatic heterocycles. The van der Waals surface area contributed by atoms with Crippen LogP contribution in [-0.4, -0.2) is 49.2 Å². The summed E-state index contributed by atoms with van der Waals surface area (Å²) in [6, 6.07) is 7.45. The van der Waals surface area contributed by atoms with E-state index in [1.54, 1.807) is 6.07 Å². The van der Waals surface area contributed by atoms with E-state index in [0.29, 0.717) is 5.56 Å². The standard InChI is InChI=1S/C16H25N3O2/c1-16(2,19-6-8-21-9-7-19)12-18-11-13-4-3-5-14(10-13)15(17)20/h3-5,10,18H,6-9,11-12H2,1-2H3,(H2,17,20). The van der Waals surface area contributed by atoms with E-state index in [-0.39, 0.29) is 11.4 Å². The Morgan fingerprint density at radius 1 is 1.38 bits per heavy atom. The number of hydrogen-bond donors (Lipinski definition) is 2. The topological polar surface area (TPSA) is 67.6 Å². The van der Waals surface area contributed by atoms with E-state index in [2.05, 4.69) is 24.1 Å². The Morgan fingerprint density at radius 3 is 2.76 bits per heavy atom. The number of nitrogens with one attached hydrogen (secondary N) is 1. The molecule has 0 aromatic heterocycles. The number of hydrogen-bond acceptors (Lipinski definition) is 4. The Labute approximate surface area is 126 Å². The highest BCUT2D eigenvalue weighted by Gasteiger charge is 2.27. The third-order valence-electron chi connectivity index (χ3n) is 3.97. The highest BCUT2D eigenvalue weighted by atomic mass is 16.5. The molecule has 1 fully saturated rings. The summed E-state index contributed by atoms with van der Waals surface area (Å²) in [6.07, 6.45) is 0. The Morgan fingerprint density at radius 2 is 2.10 bits per heavy atom. The van der Waals surface area contributed by atoms with E-state index >= 15 is 0 Å². The normalized spacial score (nSPS) is 16.9.